The second kappa shape index (κ2) is 6.87. The average molecular weight is 318 g/mol. The Kier molecular flexibility index (Phi) is 4.28. The third kappa shape index (κ3) is 3.04. The summed E-state index contributed by atoms with van der Waals surface area (Å²) in [4.78, 5) is 2.45. The van der Waals surface area contributed by atoms with Crippen LogP contribution in [-0.4, -0.2) is 28.1 Å². The zero-order chi connectivity index (χ0) is 16.2. The molecule has 122 valence electrons. The van der Waals surface area contributed by atoms with E-state index in [1.807, 2.05) is 22.9 Å². The summed E-state index contributed by atoms with van der Waals surface area (Å²) in [5, 5.41) is 9.02. The molecule has 1 fully saturated rings. The van der Waals surface area contributed by atoms with Crippen LogP contribution in [0.25, 0.3) is 5.69 Å². The molecule has 4 nitrogen and oxygen atoms in total. The van der Waals surface area contributed by atoms with Gasteiger partial charge in [-0.3, -0.25) is 0 Å². The summed E-state index contributed by atoms with van der Waals surface area (Å²) in [5.41, 5.74) is 3.41. The van der Waals surface area contributed by atoms with E-state index in [4.69, 9.17) is 0 Å². The molecule has 3 aromatic rings. The molecule has 2 aromatic carbocycles. The highest BCUT2D eigenvalue weighted by molar-refractivity contribution is 5.51. The van der Waals surface area contributed by atoms with Crippen LogP contribution in [0.4, 0.5) is 5.82 Å². The minimum Gasteiger partial charge on any atom is -0.355 e. The molecule has 1 aliphatic heterocycles. The first-order valence-corrected chi connectivity index (χ1v) is 8.71. The van der Waals surface area contributed by atoms with Gasteiger partial charge in [-0.25, -0.2) is 0 Å². The van der Waals surface area contributed by atoms with Gasteiger partial charge in [0.1, 0.15) is 5.69 Å². The van der Waals surface area contributed by atoms with Gasteiger partial charge in [0.2, 0.25) is 0 Å². The van der Waals surface area contributed by atoms with Crippen molar-refractivity contribution in [2.75, 3.05) is 18.0 Å². The predicted molar refractivity (Wildman–Crippen MR) is 96.7 cm³/mol. The van der Waals surface area contributed by atoms with Crippen LogP contribution in [0.5, 0.6) is 0 Å². The fraction of sp³-hybridized carbons (Fsp3) is 0.300. The van der Waals surface area contributed by atoms with Gasteiger partial charge in [0, 0.05) is 19.5 Å². The second-order valence-corrected chi connectivity index (χ2v) is 6.32. The Morgan fingerprint density at radius 1 is 0.792 bits per heavy atom. The van der Waals surface area contributed by atoms with E-state index in [1.165, 1.54) is 24.8 Å². The molecule has 1 saturated heterocycles. The van der Waals surface area contributed by atoms with Gasteiger partial charge < -0.3 is 4.90 Å². The van der Waals surface area contributed by atoms with Crippen molar-refractivity contribution in [1.82, 2.24) is 15.0 Å². The molecule has 0 aliphatic carbocycles. The van der Waals surface area contributed by atoms with E-state index in [0.29, 0.717) is 0 Å². The Bertz CT molecular complexity index is 774. The lowest BCUT2D eigenvalue weighted by Gasteiger charge is -2.29. The van der Waals surface area contributed by atoms with E-state index in [9.17, 15) is 0 Å². The average Bonchev–Trinajstić information content (AvgIpc) is 3.07. The normalized spacial score (nSPS) is 14.8. The molecule has 0 radical (unpaired) electrons. The molecule has 0 N–H and O–H groups in total. The molecule has 0 saturated carbocycles. The van der Waals surface area contributed by atoms with Crippen LogP contribution in [0.3, 0.4) is 0 Å². The van der Waals surface area contributed by atoms with Crippen LogP contribution in [0, 0.1) is 0 Å². The molecule has 1 aromatic heterocycles. The van der Waals surface area contributed by atoms with Gasteiger partial charge in [-0.05, 0) is 37.0 Å². The molecule has 4 heteroatoms. The summed E-state index contributed by atoms with van der Waals surface area (Å²) in [6.07, 6.45) is 4.62. The SMILES string of the molecule is c1ccc(Cc2nnn(-c3ccccc3)c2N2CCCCC2)cc1. The van der Waals surface area contributed by atoms with E-state index in [2.05, 4.69) is 57.7 Å². The summed E-state index contributed by atoms with van der Waals surface area (Å²) in [5.74, 6) is 1.16. The minimum absolute atomic E-state index is 0.819. The van der Waals surface area contributed by atoms with E-state index >= 15 is 0 Å². The molecule has 0 bridgehead atoms. The van der Waals surface area contributed by atoms with Crippen LogP contribution in [0.15, 0.2) is 60.7 Å². The summed E-state index contributed by atoms with van der Waals surface area (Å²) < 4.78 is 2.00. The second-order valence-electron chi connectivity index (χ2n) is 6.32. The van der Waals surface area contributed by atoms with Crippen molar-refractivity contribution in [3.63, 3.8) is 0 Å². The van der Waals surface area contributed by atoms with Gasteiger partial charge >= 0.3 is 0 Å². The fourth-order valence-electron chi connectivity index (χ4n) is 3.38. The Balaban J connectivity index is 1.74. The number of piperidine rings is 1. The van der Waals surface area contributed by atoms with Crippen LogP contribution < -0.4 is 4.90 Å². The van der Waals surface area contributed by atoms with Gasteiger partial charge in [-0.15, -0.1) is 5.10 Å². The zero-order valence-corrected chi connectivity index (χ0v) is 13.8. The number of nitrogens with zero attached hydrogens (tertiary/aromatic N) is 4. The lowest BCUT2D eigenvalue weighted by molar-refractivity contribution is 0.566. The number of anilines is 1. The molecule has 2 heterocycles. The third-order valence-electron chi connectivity index (χ3n) is 4.58. The van der Waals surface area contributed by atoms with Gasteiger partial charge in [-0.2, -0.15) is 4.68 Å². The topological polar surface area (TPSA) is 34.0 Å². The van der Waals surface area contributed by atoms with E-state index in [-0.39, 0.29) is 0 Å². The number of hydrogen-bond donors (Lipinski definition) is 0. The Morgan fingerprint density at radius 3 is 2.17 bits per heavy atom. The Morgan fingerprint density at radius 2 is 1.46 bits per heavy atom. The molecule has 4 rings (SSSR count). The van der Waals surface area contributed by atoms with Crippen molar-refractivity contribution in [3.8, 4) is 5.69 Å². The van der Waals surface area contributed by atoms with E-state index in [0.717, 1.165) is 36.7 Å². The van der Waals surface area contributed by atoms with E-state index in [1.54, 1.807) is 0 Å². The number of para-hydroxylation sites is 1. The zero-order valence-electron chi connectivity index (χ0n) is 13.8. The maximum Gasteiger partial charge on any atom is 0.156 e. The summed E-state index contributed by atoms with van der Waals surface area (Å²) in [6.45, 7) is 2.17. The maximum absolute atomic E-state index is 4.53. The predicted octanol–water partition coefficient (Wildman–Crippen LogP) is 3.85. The molecule has 0 spiro atoms. The molecule has 1 aliphatic rings. The standard InChI is InChI=1S/C20H22N4/c1-4-10-17(11-5-1)16-19-20(23-14-8-3-9-15-23)24(22-21-19)18-12-6-2-7-13-18/h1-2,4-7,10-13H,3,8-9,14-16H2. The third-order valence-corrected chi connectivity index (χ3v) is 4.58. The van der Waals surface area contributed by atoms with Crippen molar-refractivity contribution >= 4 is 5.82 Å². The fourth-order valence-corrected chi connectivity index (χ4v) is 3.38. The van der Waals surface area contributed by atoms with Gasteiger partial charge in [0.05, 0.1) is 5.69 Å². The van der Waals surface area contributed by atoms with Crippen molar-refractivity contribution in [2.45, 2.75) is 25.7 Å². The lowest BCUT2D eigenvalue weighted by Crippen LogP contribution is -2.32. The summed E-state index contributed by atoms with van der Waals surface area (Å²) >= 11 is 0. The monoisotopic (exact) mass is 318 g/mol. The van der Waals surface area contributed by atoms with Crippen molar-refractivity contribution in [3.05, 3.63) is 71.9 Å². The molecular weight excluding hydrogens is 296 g/mol. The summed E-state index contributed by atoms with van der Waals surface area (Å²) in [7, 11) is 0. The highest BCUT2D eigenvalue weighted by atomic mass is 15.5. The van der Waals surface area contributed by atoms with Gasteiger partial charge in [0.15, 0.2) is 5.82 Å². The highest BCUT2D eigenvalue weighted by Crippen LogP contribution is 2.27. The largest absolute Gasteiger partial charge is 0.355 e. The minimum atomic E-state index is 0.819. The number of aromatic nitrogens is 3. The van der Waals surface area contributed by atoms with Gasteiger partial charge in [-0.1, -0.05) is 53.7 Å². The Labute approximate surface area is 142 Å². The smallest absolute Gasteiger partial charge is 0.156 e. The molecule has 0 atom stereocenters. The van der Waals surface area contributed by atoms with Crippen LogP contribution in [0.2, 0.25) is 0 Å². The number of benzene rings is 2. The summed E-state index contributed by atoms with van der Waals surface area (Å²) in [6, 6.07) is 20.8. The highest BCUT2D eigenvalue weighted by Gasteiger charge is 2.22. The van der Waals surface area contributed by atoms with Crippen LogP contribution >= 0.6 is 0 Å². The number of hydrogen-bond acceptors (Lipinski definition) is 3. The van der Waals surface area contributed by atoms with Crippen molar-refractivity contribution in [1.29, 1.82) is 0 Å². The molecule has 0 amide bonds. The quantitative estimate of drug-likeness (QED) is 0.733. The first-order chi connectivity index (χ1) is 11.9. The van der Waals surface area contributed by atoms with Crippen molar-refractivity contribution < 1.29 is 0 Å². The Hall–Kier alpha value is -2.62. The molecular formula is C20H22N4. The first-order valence-electron chi connectivity index (χ1n) is 8.71. The molecule has 24 heavy (non-hydrogen) atoms. The maximum atomic E-state index is 4.53. The molecule has 0 unspecified atom stereocenters. The number of rotatable bonds is 4. The van der Waals surface area contributed by atoms with Crippen LogP contribution in [-0.2, 0) is 6.42 Å². The first kappa shape index (κ1) is 14.9. The van der Waals surface area contributed by atoms with Gasteiger partial charge in [0.25, 0.3) is 0 Å². The van der Waals surface area contributed by atoms with Crippen LogP contribution in [0.1, 0.15) is 30.5 Å². The van der Waals surface area contributed by atoms with E-state index < -0.39 is 0 Å². The lowest BCUT2D eigenvalue weighted by atomic mass is 10.1. The van der Waals surface area contributed by atoms with Crippen molar-refractivity contribution in [2.24, 2.45) is 0 Å².